The van der Waals surface area contributed by atoms with E-state index in [0.717, 1.165) is 61.0 Å². The molecule has 1 fully saturated rings. The number of imidazole rings is 1. The summed E-state index contributed by atoms with van der Waals surface area (Å²) in [7, 11) is 0. The molecule has 31 heavy (non-hydrogen) atoms. The minimum atomic E-state index is 0.0275. The average Bonchev–Trinajstić information content (AvgIpc) is 3.19. The summed E-state index contributed by atoms with van der Waals surface area (Å²) in [4.78, 5) is 19.4. The van der Waals surface area contributed by atoms with Crippen LogP contribution in [0.5, 0.6) is 0 Å². The number of likely N-dealkylation sites (tertiary alicyclic amines) is 1. The van der Waals surface area contributed by atoms with E-state index in [0.29, 0.717) is 6.54 Å². The zero-order valence-corrected chi connectivity index (χ0v) is 18.7. The topological polar surface area (TPSA) is 50.2 Å². The SMILES string of the molecule is Cc1nccn1Cc1ccc(CNC(=O)C2CCCN(Cc3ccccc3Cl)C2)cc1. The van der Waals surface area contributed by atoms with Gasteiger partial charge in [0.15, 0.2) is 0 Å². The molecule has 5 nitrogen and oxygen atoms in total. The Morgan fingerprint density at radius 3 is 2.65 bits per heavy atom. The van der Waals surface area contributed by atoms with Crippen LogP contribution in [-0.4, -0.2) is 33.4 Å². The lowest BCUT2D eigenvalue weighted by molar-refractivity contribution is -0.126. The molecule has 1 unspecified atom stereocenters. The lowest BCUT2D eigenvalue weighted by Gasteiger charge is -2.32. The predicted molar refractivity (Wildman–Crippen MR) is 124 cm³/mol. The summed E-state index contributed by atoms with van der Waals surface area (Å²) in [6, 6.07) is 16.4. The van der Waals surface area contributed by atoms with Gasteiger partial charge < -0.3 is 9.88 Å². The van der Waals surface area contributed by atoms with E-state index in [4.69, 9.17) is 11.6 Å². The van der Waals surface area contributed by atoms with Gasteiger partial charge in [0.05, 0.1) is 5.92 Å². The van der Waals surface area contributed by atoms with Gasteiger partial charge in [-0.05, 0) is 49.1 Å². The fraction of sp³-hybridized carbons (Fsp3) is 0.360. The number of hydrogen-bond acceptors (Lipinski definition) is 3. The van der Waals surface area contributed by atoms with Gasteiger partial charge in [0.2, 0.25) is 5.91 Å². The summed E-state index contributed by atoms with van der Waals surface area (Å²) in [5, 5.41) is 3.92. The molecule has 1 aliphatic rings. The van der Waals surface area contributed by atoms with Gasteiger partial charge in [-0.1, -0.05) is 54.1 Å². The summed E-state index contributed by atoms with van der Waals surface area (Å²) in [6.07, 6.45) is 5.78. The van der Waals surface area contributed by atoms with Crippen molar-refractivity contribution in [3.8, 4) is 0 Å². The molecule has 162 valence electrons. The second-order valence-electron chi connectivity index (χ2n) is 8.30. The molecule has 1 saturated heterocycles. The highest BCUT2D eigenvalue weighted by molar-refractivity contribution is 6.31. The Hall–Kier alpha value is -2.63. The number of rotatable bonds is 7. The summed E-state index contributed by atoms with van der Waals surface area (Å²) in [5.74, 6) is 1.18. The fourth-order valence-corrected chi connectivity index (χ4v) is 4.34. The van der Waals surface area contributed by atoms with Gasteiger partial charge in [-0.2, -0.15) is 0 Å². The van der Waals surface area contributed by atoms with Crippen LogP contribution in [-0.2, 0) is 24.4 Å². The number of carbonyl (C=O) groups excluding carboxylic acids is 1. The normalized spacial score (nSPS) is 16.9. The monoisotopic (exact) mass is 436 g/mol. The van der Waals surface area contributed by atoms with E-state index >= 15 is 0 Å². The van der Waals surface area contributed by atoms with E-state index < -0.39 is 0 Å². The van der Waals surface area contributed by atoms with Crippen LogP contribution in [0.15, 0.2) is 60.9 Å². The molecule has 6 heteroatoms. The second-order valence-corrected chi connectivity index (χ2v) is 8.71. The highest BCUT2D eigenvalue weighted by Crippen LogP contribution is 2.22. The molecule has 0 saturated carbocycles. The largest absolute Gasteiger partial charge is 0.352 e. The van der Waals surface area contributed by atoms with Crippen LogP contribution in [0.1, 0.15) is 35.4 Å². The third kappa shape index (κ3) is 5.75. The number of hydrogen-bond donors (Lipinski definition) is 1. The molecular weight excluding hydrogens is 408 g/mol. The zero-order valence-electron chi connectivity index (χ0n) is 17.9. The fourth-order valence-electron chi connectivity index (χ4n) is 4.14. The van der Waals surface area contributed by atoms with E-state index in [9.17, 15) is 4.79 Å². The number of amides is 1. The number of piperidine rings is 1. The lowest BCUT2D eigenvalue weighted by Crippen LogP contribution is -2.42. The van der Waals surface area contributed by atoms with Gasteiger partial charge in [-0.3, -0.25) is 9.69 Å². The van der Waals surface area contributed by atoms with Crippen molar-refractivity contribution in [2.75, 3.05) is 13.1 Å². The molecule has 0 spiro atoms. The number of carbonyl (C=O) groups is 1. The van der Waals surface area contributed by atoms with Crippen molar-refractivity contribution in [1.82, 2.24) is 19.8 Å². The van der Waals surface area contributed by atoms with Gasteiger partial charge in [0.1, 0.15) is 5.82 Å². The first-order valence-electron chi connectivity index (χ1n) is 10.9. The van der Waals surface area contributed by atoms with Gasteiger partial charge in [-0.15, -0.1) is 0 Å². The van der Waals surface area contributed by atoms with Crippen molar-refractivity contribution in [2.24, 2.45) is 5.92 Å². The molecule has 1 atom stereocenters. The summed E-state index contributed by atoms with van der Waals surface area (Å²) < 4.78 is 2.12. The summed E-state index contributed by atoms with van der Waals surface area (Å²) >= 11 is 6.31. The van der Waals surface area contributed by atoms with E-state index in [2.05, 4.69) is 50.1 Å². The van der Waals surface area contributed by atoms with E-state index in [1.54, 1.807) is 0 Å². The Morgan fingerprint density at radius 1 is 1.13 bits per heavy atom. The summed E-state index contributed by atoms with van der Waals surface area (Å²) in [5.41, 5.74) is 3.46. The Morgan fingerprint density at radius 2 is 1.90 bits per heavy atom. The summed E-state index contributed by atoms with van der Waals surface area (Å²) in [6.45, 7) is 5.95. The van der Waals surface area contributed by atoms with Crippen LogP contribution < -0.4 is 5.32 Å². The standard InChI is InChI=1S/C25H29ClN4O/c1-19-27-12-14-30(19)16-21-10-8-20(9-11-21)15-28-25(31)23-6-4-13-29(18-23)17-22-5-2-3-7-24(22)26/h2-3,5,7-12,14,23H,4,6,13,15-18H2,1H3,(H,28,31). The van der Waals surface area contributed by atoms with Crippen molar-refractivity contribution in [3.05, 3.63) is 88.5 Å². The molecule has 0 radical (unpaired) electrons. The molecular formula is C25H29ClN4O. The molecule has 2 aromatic carbocycles. The number of benzene rings is 2. The maximum Gasteiger partial charge on any atom is 0.224 e. The first-order chi connectivity index (χ1) is 15.1. The lowest BCUT2D eigenvalue weighted by atomic mass is 9.96. The zero-order chi connectivity index (χ0) is 21.6. The van der Waals surface area contributed by atoms with Crippen LogP contribution in [0.4, 0.5) is 0 Å². The molecule has 3 aromatic rings. The van der Waals surface area contributed by atoms with E-state index in [-0.39, 0.29) is 11.8 Å². The Kier molecular flexibility index (Phi) is 7.05. The third-order valence-electron chi connectivity index (χ3n) is 5.99. The van der Waals surface area contributed by atoms with E-state index in [1.165, 1.54) is 5.56 Å². The molecule has 1 aromatic heterocycles. The molecule has 1 amide bonds. The van der Waals surface area contributed by atoms with Gasteiger partial charge in [0.25, 0.3) is 0 Å². The second kappa shape index (κ2) is 10.1. The van der Waals surface area contributed by atoms with Gasteiger partial charge in [0, 0.05) is 43.6 Å². The first-order valence-corrected chi connectivity index (χ1v) is 11.3. The number of nitrogens with zero attached hydrogens (tertiary/aromatic N) is 3. The first kappa shape index (κ1) is 21.6. The Balaban J connectivity index is 1.27. The van der Waals surface area contributed by atoms with Crippen LogP contribution in [0.3, 0.4) is 0 Å². The number of nitrogens with one attached hydrogen (secondary N) is 1. The van der Waals surface area contributed by atoms with Crippen molar-refractivity contribution in [1.29, 1.82) is 0 Å². The van der Waals surface area contributed by atoms with Crippen molar-refractivity contribution in [3.63, 3.8) is 0 Å². The number of aryl methyl sites for hydroxylation is 1. The number of halogens is 1. The number of aromatic nitrogens is 2. The van der Waals surface area contributed by atoms with Crippen LogP contribution in [0.2, 0.25) is 5.02 Å². The van der Waals surface area contributed by atoms with Crippen LogP contribution in [0, 0.1) is 12.8 Å². The Labute approximate surface area is 189 Å². The van der Waals surface area contributed by atoms with Crippen molar-refractivity contribution < 1.29 is 4.79 Å². The molecule has 0 bridgehead atoms. The minimum Gasteiger partial charge on any atom is -0.352 e. The molecule has 2 heterocycles. The van der Waals surface area contributed by atoms with Gasteiger partial charge >= 0.3 is 0 Å². The average molecular weight is 437 g/mol. The quantitative estimate of drug-likeness (QED) is 0.596. The van der Waals surface area contributed by atoms with Gasteiger partial charge in [-0.25, -0.2) is 4.98 Å². The molecule has 0 aliphatic carbocycles. The Bertz CT molecular complexity index is 1010. The van der Waals surface area contributed by atoms with E-state index in [1.807, 2.05) is 37.5 Å². The molecule has 1 aliphatic heterocycles. The maximum absolute atomic E-state index is 12.8. The third-order valence-corrected chi connectivity index (χ3v) is 6.36. The van der Waals surface area contributed by atoms with Crippen LogP contribution in [0.25, 0.3) is 0 Å². The smallest absolute Gasteiger partial charge is 0.224 e. The highest BCUT2D eigenvalue weighted by atomic mass is 35.5. The van der Waals surface area contributed by atoms with Crippen molar-refractivity contribution >= 4 is 17.5 Å². The highest BCUT2D eigenvalue weighted by Gasteiger charge is 2.25. The maximum atomic E-state index is 12.8. The van der Waals surface area contributed by atoms with Crippen LogP contribution >= 0.6 is 11.6 Å². The molecule has 4 rings (SSSR count). The molecule has 1 N–H and O–H groups in total. The minimum absolute atomic E-state index is 0.0275. The van der Waals surface area contributed by atoms with Crippen molar-refractivity contribution in [2.45, 2.75) is 39.4 Å². The predicted octanol–water partition coefficient (Wildman–Crippen LogP) is 4.42.